The number of allylic oxidation sites excluding steroid dienone is 1. The number of ether oxygens (including phenoxy) is 1. The average molecular weight is 350 g/mol. The predicted molar refractivity (Wildman–Crippen MR) is 88.2 cm³/mol. The van der Waals surface area contributed by atoms with Crippen LogP contribution in [-0.2, 0) is 15.5 Å². The first kappa shape index (κ1) is 16.3. The fraction of sp³-hybridized carbons (Fsp3) is 0.312. The zero-order valence-electron chi connectivity index (χ0n) is 13.0. The molecule has 0 amide bonds. The highest BCUT2D eigenvalue weighted by molar-refractivity contribution is 6.15. The van der Waals surface area contributed by atoms with Crippen LogP contribution in [-0.4, -0.2) is 26.5 Å². The fourth-order valence-corrected chi connectivity index (χ4v) is 3.01. The first-order valence-electron chi connectivity index (χ1n) is 7.49. The molecule has 126 valence electrons. The Kier molecular flexibility index (Phi) is 4.44. The molecule has 1 aliphatic heterocycles. The van der Waals surface area contributed by atoms with Gasteiger partial charge in [0.1, 0.15) is 6.00 Å². The Bertz CT molecular complexity index is 894. The lowest BCUT2D eigenvalue weighted by atomic mass is 10.0. The molecule has 1 aromatic carbocycles. The molecule has 3 rings (SSSR count). The quantitative estimate of drug-likeness (QED) is 0.473. The van der Waals surface area contributed by atoms with Crippen LogP contribution >= 0.6 is 11.6 Å². The number of hydrogen-bond acceptors (Lipinski definition) is 4. The summed E-state index contributed by atoms with van der Waals surface area (Å²) in [5.74, 6) is -0.595. The summed E-state index contributed by atoms with van der Waals surface area (Å²) < 4.78 is 8.26. The minimum Gasteiger partial charge on any atom is -0.464 e. The molecule has 0 fully saturated rings. The summed E-state index contributed by atoms with van der Waals surface area (Å²) in [7, 11) is 0. The first-order chi connectivity index (χ1) is 11.6. The van der Waals surface area contributed by atoms with Gasteiger partial charge in [-0.1, -0.05) is 42.5 Å². The topological polar surface area (TPSA) is 75.2 Å². The van der Waals surface area contributed by atoms with Crippen LogP contribution in [0.1, 0.15) is 24.6 Å². The summed E-state index contributed by atoms with van der Waals surface area (Å²) in [6.45, 7) is 1.86. The van der Waals surface area contributed by atoms with E-state index in [9.17, 15) is 14.4 Å². The number of aromatic nitrogens is 3. The Balaban J connectivity index is 2.22. The van der Waals surface area contributed by atoms with Crippen molar-refractivity contribution >= 4 is 17.6 Å². The second-order valence-electron chi connectivity index (χ2n) is 5.24. The Hall–Kier alpha value is -2.54. The van der Waals surface area contributed by atoms with Crippen LogP contribution in [0.2, 0.25) is 0 Å². The van der Waals surface area contributed by atoms with Crippen LogP contribution in [0, 0.1) is 0 Å². The second-order valence-corrected chi connectivity index (χ2v) is 5.48. The molecule has 0 radical (unpaired) electrons. The SMILES string of the molecule is CCOC(=O)C1C=CC(c2ccccc2)n2c(=O)n(CCl)c(=O)n21. The lowest BCUT2D eigenvalue weighted by Crippen LogP contribution is -2.39. The summed E-state index contributed by atoms with van der Waals surface area (Å²) in [4.78, 5) is 37.3. The molecule has 2 atom stereocenters. The molecule has 0 aliphatic carbocycles. The van der Waals surface area contributed by atoms with Crippen molar-refractivity contribution in [1.82, 2.24) is 13.9 Å². The number of carbonyl (C=O) groups is 1. The number of rotatable bonds is 4. The maximum atomic E-state index is 12.6. The van der Waals surface area contributed by atoms with Crippen molar-refractivity contribution in [3.05, 3.63) is 69.0 Å². The van der Waals surface area contributed by atoms with Crippen LogP contribution < -0.4 is 11.4 Å². The zero-order valence-corrected chi connectivity index (χ0v) is 13.7. The molecule has 0 N–H and O–H groups in total. The molecule has 0 saturated carbocycles. The van der Waals surface area contributed by atoms with Crippen molar-refractivity contribution in [2.75, 3.05) is 6.61 Å². The minimum atomic E-state index is -0.991. The van der Waals surface area contributed by atoms with Gasteiger partial charge in [0.25, 0.3) is 0 Å². The van der Waals surface area contributed by atoms with Gasteiger partial charge in [0.15, 0.2) is 6.04 Å². The summed E-state index contributed by atoms with van der Waals surface area (Å²) >= 11 is 5.74. The van der Waals surface area contributed by atoms with Gasteiger partial charge >= 0.3 is 17.3 Å². The summed E-state index contributed by atoms with van der Waals surface area (Å²) in [5, 5.41) is 0. The summed E-state index contributed by atoms with van der Waals surface area (Å²) in [5.41, 5.74) is -0.389. The van der Waals surface area contributed by atoms with Crippen molar-refractivity contribution in [2.45, 2.75) is 25.0 Å². The van der Waals surface area contributed by atoms with Gasteiger partial charge in [-0.3, -0.25) is 0 Å². The third kappa shape index (κ3) is 2.50. The van der Waals surface area contributed by atoms with E-state index in [0.717, 1.165) is 14.8 Å². The van der Waals surface area contributed by atoms with Gasteiger partial charge in [0.2, 0.25) is 0 Å². The third-order valence-electron chi connectivity index (χ3n) is 3.88. The van der Waals surface area contributed by atoms with E-state index in [1.54, 1.807) is 19.1 Å². The van der Waals surface area contributed by atoms with E-state index in [-0.39, 0.29) is 12.6 Å². The largest absolute Gasteiger partial charge is 0.464 e. The number of benzene rings is 1. The Morgan fingerprint density at radius 1 is 1.12 bits per heavy atom. The van der Waals surface area contributed by atoms with Crippen molar-refractivity contribution in [3.8, 4) is 0 Å². The van der Waals surface area contributed by atoms with Gasteiger partial charge in [-0.15, -0.1) is 11.6 Å². The zero-order chi connectivity index (χ0) is 17.3. The lowest BCUT2D eigenvalue weighted by molar-refractivity contribution is -0.146. The molecule has 2 heterocycles. The van der Waals surface area contributed by atoms with Gasteiger partial charge < -0.3 is 4.74 Å². The van der Waals surface area contributed by atoms with Gasteiger partial charge in [-0.25, -0.2) is 28.3 Å². The van der Waals surface area contributed by atoms with E-state index < -0.39 is 29.4 Å². The molecule has 1 aromatic heterocycles. The maximum Gasteiger partial charge on any atom is 0.349 e. The smallest absolute Gasteiger partial charge is 0.349 e. The Morgan fingerprint density at radius 2 is 1.79 bits per heavy atom. The van der Waals surface area contributed by atoms with Crippen molar-refractivity contribution in [1.29, 1.82) is 0 Å². The van der Waals surface area contributed by atoms with Gasteiger partial charge in [0, 0.05) is 0 Å². The Labute approximate surface area is 142 Å². The molecule has 0 saturated heterocycles. The number of nitrogens with zero attached hydrogens (tertiary/aromatic N) is 3. The lowest BCUT2D eigenvalue weighted by Gasteiger charge is -2.26. The molecule has 0 bridgehead atoms. The van der Waals surface area contributed by atoms with Crippen molar-refractivity contribution in [3.63, 3.8) is 0 Å². The second kappa shape index (κ2) is 6.52. The van der Waals surface area contributed by atoms with Crippen LogP contribution in [0.3, 0.4) is 0 Å². The molecular formula is C16H16ClN3O4. The average Bonchev–Trinajstić information content (AvgIpc) is 2.86. The first-order valence-corrected chi connectivity index (χ1v) is 8.03. The van der Waals surface area contributed by atoms with Crippen LogP contribution in [0.15, 0.2) is 52.1 Å². The molecule has 24 heavy (non-hydrogen) atoms. The molecule has 2 unspecified atom stereocenters. The number of fused-ring (bicyclic) bond motifs is 1. The standard InChI is InChI=1S/C16H16ClN3O4/c1-2-24-14(21)13-9-8-12(11-6-4-3-5-7-11)19-15(22)18(10-17)16(23)20(13)19/h3-9,12-13H,2,10H2,1H3. The van der Waals surface area contributed by atoms with Crippen LogP contribution in [0.25, 0.3) is 0 Å². The number of halogens is 1. The molecule has 1 aliphatic rings. The highest BCUT2D eigenvalue weighted by Gasteiger charge is 2.33. The predicted octanol–water partition coefficient (Wildman–Crippen LogP) is 1.27. The normalized spacial score (nSPS) is 19.1. The van der Waals surface area contributed by atoms with E-state index in [1.165, 1.54) is 4.68 Å². The number of esters is 1. The van der Waals surface area contributed by atoms with E-state index in [1.807, 2.05) is 30.3 Å². The monoisotopic (exact) mass is 349 g/mol. The summed E-state index contributed by atoms with van der Waals surface area (Å²) in [6.07, 6.45) is 3.30. The molecule has 0 spiro atoms. The van der Waals surface area contributed by atoms with Crippen LogP contribution in [0.5, 0.6) is 0 Å². The fourth-order valence-electron chi connectivity index (χ4n) is 2.80. The van der Waals surface area contributed by atoms with E-state index in [4.69, 9.17) is 16.3 Å². The van der Waals surface area contributed by atoms with E-state index in [0.29, 0.717) is 0 Å². The molecular weight excluding hydrogens is 334 g/mol. The number of carbonyl (C=O) groups excluding carboxylic acids is 1. The Morgan fingerprint density at radius 3 is 2.42 bits per heavy atom. The highest BCUT2D eigenvalue weighted by atomic mass is 35.5. The summed E-state index contributed by atoms with van der Waals surface area (Å²) in [6, 6.07) is 7.45. The molecule has 2 aromatic rings. The molecule has 8 heteroatoms. The third-order valence-corrected chi connectivity index (χ3v) is 4.12. The van der Waals surface area contributed by atoms with E-state index >= 15 is 0 Å². The minimum absolute atomic E-state index is 0.181. The number of hydrogen-bond donors (Lipinski definition) is 0. The molecule has 7 nitrogen and oxygen atoms in total. The van der Waals surface area contributed by atoms with E-state index in [2.05, 4.69) is 0 Å². The van der Waals surface area contributed by atoms with Crippen molar-refractivity contribution < 1.29 is 9.53 Å². The number of alkyl halides is 1. The van der Waals surface area contributed by atoms with Gasteiger partial charge in [-0.2, -0.15) is 0 Å². The maximum absolute atomic E-state index is 12.6. The van der Waals surface area contributed by atoms with Crippen LogP contribution in [0.4, 0.5) is 0 Å². The van der Waals surface area contributed by atoms with Gasteiger partial charge in [-0.05, 0) is 12.5 Å². The van der Waals surface area contributed by atoms with Gasteiger partial charge in [0.05, 0.1) is 12.6 Å². The van der Waals surface area contributed by atoms with Crippen molar-refractivity contribution in [2.24, 2.45) is 0 Å². The highest BCUT2D eigenvalue weighted by Crippen LogP contribution is 2.25.